The summed E-state index contributed by atoms with van der Waals surface area (Å²) in [6.07, 6.45) is 1.04. The van der Waals surface area contributed by atoms with Crippen LogP contribution in [0.4, 0.5) is 0 Å². The van der Waals surface area contributed by atoms with E-state index in [1.54, 1.807) is 0 Å². The Hall–Kier alpha value is -1.97. The van der Waals surface area contributed by atoms with Crippen LogP contribution in [-0.4, -0.2) is 11.5 Å². The van der Waals surface area contributed by atoms with Gasteiger partial charge < -0.3 is 5.32 Å². The molecule has 0 bridgehead atoms. The predicted molar refractivity (Wildman–Crippen MR) is 91.4 cm³/mol. The minimum atomic E-state index is 0.234. The zero-order chi connectivity index (χ0) is 14.8. The van der Waals surface area contributed by atoms with Crippen molar-refractivity contribution in [3.05, 3.63) is 87.4 Å². The van der Waals surface area contributed by atoms with E-state index in [9.17, 15) is 0 Å². The van der Waals surface area contributed by atoms with E-state index >= 15 is 0 Å². The maximum absolute atomic E-state index is 4.98. The van der Waals surface area contributed by atoms with Crippen molar-refractivity contribution < 1.29 is 0 Å². The summed E-state index contributed by atoms with van der Waals surface area (Å²) < 4.78 is 0. The lowest BCUT2D eigenvalue weighted by Gasteiger charge is -2.15. The molecular weight excluding hydrogens is 288 g/mol. The molecule has 0 spiro atoms. The molecule has 0 aliphatic carbocycles. The molecule has 2 heterocycles. The topological polar surface area (TPSA) is 24.9 Å². The van der Waals surface area contributed by atoms with Gasteiger partial charge in [0.2, 0.25) is 0 Å². The number of hydrogen-bond donors (Lipinski definition) is 1. The average Bonchev–Trinajstić information content (AvgIpc) is 3.00. The van der Waals surface area contributed by atoms with Crippen molar-refractivity contribution in [2.75, 3.05) is 6.54 Å². The third kappa shape index (κ3) is 2.58. The number of nitrogens with one attached hydrogen (secondary N) is 1. The van der Waals surface area contributed by atoms with Gasteiger partial charge in [-0.25, -0.2) is 4.98 Å². The first kappa shape index (κ1) is 13.7. The molecule has 1 aliphatic heterocycles. The average molecular weight is 306 g/mol. The van der Waals surface area contributed by atoms with Gasteiger partial charge in [0.1, 0.15) is 5.01 Å². The lowest BCUT2D eigenvalue weighted by atomic mass is 9.92. The fraction of sp³-hybridized carbons (Fsp3) is 0.211. The molecule has 0 atom stereocenters. The Balaban J connectivity index is 1.82. The van der Waals surface area contributed by atoms with Gasteiger partial charge in [0.15, 0.2) is 0 Å². The van der Waals surface area contributed by atoms with Crippen LogP contribution < -0.4 is 5.32 Å². The Morgan fingerprint density at radius 1 is 0.909 bits per heavy atom. The highest BCUT2D eigenvalue weighted by Crippen LogP contribution is 2.36. The van der Waals surface area contributed by atoms with Gasteiger partial charge in [-0.2, -0.15) is 0 Å². The van der Waals surface area contributed by atoms with Crippen LogP contribution in [0.25, 0.3) is 0 Å². The van der Waals surface area contributed by atoms with Crippen LogP contribution in [0, 0.1) is 0 Å². The summed E-state index contributed by atoms with van der Waals surface area (Å²) in [5.41, 5.74) is 3.91. The van der Waals surface area contributed by atoms with Crippen LogP contribution in [0.5, 0.6) is 0 Å². The molecule has 1 aromatic heterocycles. The van der Waals surface area contributed by atoms with E-state index in [2.05, 4.69) is 66.0 Å². The molecule has 0 saturated heterocycles. The Bertz CT molecular complexity index is 687. The molecule has 0 saturated carbocycles. The predicted octanol–water partition coefficient (Wildman–Crippen LogP) is 3.97. The lowest BCUT2D eigenvalue weighted by Crippen LogP contribution is -2.22. The summed E-state index contributed by atoms with van der Waals surface area (Å²) in [6, 6.07) is 21.4. The maximum atomic E-state index is 4.98. The Labute approximate surface area is 134 Å². The standard InChI is InChI=1S/C19H18N2S/c1-3-7-14(8-4-1)18(15-9-5-2-6-10-15)19-21-16-11-12-20-13-17(16)22-19/h1-10,18,20H,11-13H2. The number of hydrogen-bond acceptors (Lipinski definition) is 3. The molecule has 0 amide bonds. The molecule has 22 heavy (non-hydrogen) atoms. The summed E-state index contributed by atoms with van der Waals surface area (Å²) in [5, 5.41) is 4.66. The van der Waals surface area contributed by atoms with Crippen molar-refractivity contribution in [2.24, 2.45) is 0 Å². The third-order valence-corrected chi connectivity index (χ3v) is 5.29. The second-order valence-corrected chi connectivity index (χ2v) is 6.72. The van der Waals surface area contributed by atoms with Crippen molar-refractivity contribution in [2.45, 2.75) is 18.9 Å². The van der Waals surface area contributed by atoms with Gasteiger partial charge in [0.25, 0.3) is 0 Å². The smallest absolute Gasteiger partial charge is 0.105 e. The Morgan fingerprint density at radius 3 is 2.14 bits per heavy atom. The number of aromatic nitrogens is 1. The summed E-state index contributed by atoms with van der Waals surface area (Å²) in [7, 11) is 0. The number of nitrogens with zero attached hydrogens (tertiary/aromatic N) is 1. The zero-order valence-electron chi connectivity index (χ0n) is 12.3. The van der Waals surface area contributed by atoms with E-state index in [0.717, 1.165) is 19.5 Å². The quantitative estimate of drug-likeness (QED) is 0.792. The normalized spacial score (nSPS) is 14.0. The molecule has 1 N–H and O–H groups in total. The second-order valence-electron chi connectivity index (χ2n) is 5.60. The summed E-state index contributed by atoms with van der Waals surface area (Å²) >= 11 is 1.86. The van der Waals surface area contributed by atoms with Crippen LogP contribution >= 0.6 is 11.3 Å². The highest BCUT2D eigenvalue weighted by Gasteiger charge is 2.23. The van der Waals surface area contributed by atoms with Gasteiger partial charge in [0.05, 0.1) is 11.6 Å². The zero-order valence-corrected chi connectivity index (χ0v) is 13.1. The van der Waals surface area contributed by atoms with Gasteiger partial charge in [-0.3, -0.25) is 0 Å². The molecule has 0 radical (unpaired) electrons. The monoisotopic (exact) mass is 306 g/mol. The lowest BCUT2D eigenvalue weighted by molar-refractivity contribution is 0.642. The second kappa shape index (κ2) is 6.03. The van der Waals surface area contributed by atoms with Gasteiger partial charge >= 0.3 is 0 Å². The van der Waals surface area contributed by atoms with Gasteiger partial charge in [-0.15, -0.1) is 11.3 Å². The number of benzene rings is 2. The minimum Gasteiger partial charge on any atom is -0.311 e. The molecule has 3 heteroatoms. The van der Waals surface area contributed by atoms with E-state index in [0.29, 0.717) is 0 Å². The third-order valence-electron chi connectivity index (χ3n) is 4.13. The largest absolute Gasteiger partial charge is 0.311 e. The fourth-order valence-electron chi connectivity index (χ4n) is 3.04. The molecule has 2 aromatic carbocycles. The molecule has 0 fully saturated rings. The van der Waals surface area contributed by atoms with Gasteiger partial charge in [-0.05, 0) is 11.1 Å². The van der Waals surface area contributed by atoms with Crippen LogP contribution in [-0.2, 0) is 13.0 Å². The fourth-order valence-corrected chi connectivity index (χ4v) is 4.28. The highest BCUT2D eigenvalue weighted by molar-refractivity contribution is 7.11. The van der Waals surface area contributed by atoms with Crippen molar-refractivity contribution >= 4 is 11.3 Å². The van der Waals surface area contributed by atoms with E-state index in [4.69, 9.17) is 4.98 Å². The molecule has 110 valence electrons. The molecule has 0 unspecified atom stereocenters. The van der Waals surface area contributed by atoms with Crippen molar-refractivity contribution in [3.8, 4) is 0 Å². The molecule has 3 aromatic rings. The van der Waals surface area contributed by atoms with Crippen LogP contribution in [0.3, 0.4) is 0 Å². The van der Waals surface area contributed by atoms with Crippen molar-refractivity contribution in [1.82, 2.24) is 10.3 Å². The molecule has 1 aliphatic rings. The number of thiazole rings is 1. The van der Waals surface area contributed by atoms with Gasteiger partial charge in [-0.1, -0.05) is 60.7 Å². The first-order valence-electron chi connectivity index (χ1n) is 7.71. The number of fused-ring (bicyclic) bond motifs is 1. The SMILES string of the molecule is c1ccc(C(c2ccccc2)c2nc3c(s2)CNCC3)cc1. The van der Waals surface area contributed by atoms with E-state index in [1.165, 1.54) is 26.7 Å². The minimum absolute atomic E-state index is 0.234. The van der Waals surface area contributed by atoms with Crippen LogP contribution in [0.15, 0.2) is 60.7 Å². The van der Waals surface area contributed by atoms with Crippen molar-refractivity contribution in [3.63, 3.8) is 0 Å². The molecule has 2 nitrogen and oxygen atoms in total. The van der Waals surface area contributed by atoms with E-state index in [-0.39, 0.29) is 5.92 Å². The highest BCUT2D eigenvalue weighted by atomic mass is 32.1. The molecular formula is C19H18N2S. The van der Waals surface area contributed by atoms with Crippen molar-refractivity contribution in [1.29, 1.82) is 0 Å². The summed E-state index contributed by atoms with van der Waals surface area (Å²) in [4.78, 5) is 6.38. The first-order valence-corrected chi connectivity index (χ1v) is 8.52. The summed E-state index contributed by atoms with van der Waals surface area (Å²) in [6.45, 7) is 2.00. The number of rotatable bonds is 3. The molecule has 4 rings (SSSR count). The van der Waals surface area contributed by atoms with Crippen LogP contribution in [0.2, 0.25) is 0 Å². The maximum Gasteiger partial charge on any atom is 0.105 e. The summed E-state index contributed by atoms with van der Waals surface area (Å²) in [5.74, 6) is 0.234. The Kier molecular flexibility index (Phi) is 3.75. The van der Waals surface area contributed by atoms with E-state index in [1.807, 2.05) is 11.3 Å². The van der Waals surface area contributed by atoms with E-state index < -0.39 is 0 Å². The Morgan fingerprint density at radius 2 is 1.55 bits per heavy atom. The first-order chi connectivity index (χ1) is 10.9. The van der Waals surface area contributed by atoms with Gasteiger partial charge in [0, 0.05) is 24.4 Å². The van der Waals surface area contributed by atoms with Crippen LogP contribution in [0.1, 0.15) is 32.6 Å².